The predicted molar refractivity (Wildman–Crippen MR) is 106 cm³/mol. The minimum atomic E-state index is -0.152. The van der Waals surface area contributed by atoms with Crippen LogP contribution < -0.4 is 4.90 Å². The first kappa shape index (κ1) is 18.5. The van der Waals surface area contributed by atoms with Crippen LogP contribution in [-0.4, -0.2) is 44.2 Å². The lowest BCUT2D eigenvalue weighted by molar-refractivity contribution is -0.144. The van der Waals surface area contributed by atoms with Crippen LogP contribution >= 0.6 is 0 Å². The molecule has 1 aliphatic heterocycles. The second-order valence-electron chi connectivity index (χ2n) is 6.81. The summed E-state index contributed by atoms with van der Waals surface area (Å²) in [6, 6.07) is 17.4. The molecule has 0 aromatic heterocycles. The van der Waals surface area contributed by atoms with Gasteiger partial charge in [-0.3, -0.25) is 9.69 Å². The number of esters is 1. The number of fused-ring (bicyclic) bond motifs is 2. The van der Waals surface area contributed by atoms with Crippen molar-refractivity contribution in [2.75, 3.05) is 38.2 Å². The van der Waals surface area contributed by atoms with Crippen LogP contribution in [0.1, 0.15) is 24.5 Å². The average Bonchev–Trinajstić information content (AvgIpc) is 2.79. The summed E-state index contributed by atoms with van der Waals surface area (Å²) < 4.78 is 5.03. The van der Waals surface area contributed by atoms with Gasteiger partial charge < -0.3 is 9.64 Å². The Morgan fingerprint density at radius 1 is 1.04 bits per heavy atom. The molecule has 0 amide bonds. The maximum Gasteiger partial charge on any atom is 0.320 e. The highest BCUT2D eigenvalue weighted by molar-refractivity contribution is 5.72. The summed E-state index contributed by atoms with van der Waals surface area (Å²) in [6.45, 7) is 4.42. The molecule has 1 heterocycles. The third kappa shape index (κ3) is 4.44. The van der Waals surface area contributed by atoms with Crippen LogP contribution in [0.25, 0.3) is 0 Å². The fourth-order valence-corrected chi connectivity index (χ4v) is 3.62. The molecule has 0 radical (unpaired) electrons. The zero-order chi connectivity index (χ0) is 18.4. The fourth-order valence-electron chi connectivity index (χ4n) is 3.62. The minimum Gasteiger partial charge on any atom is -0.465 e. The van der Waals surface area contributed by atoms with E-state index in [0.29, 0.717) is 13.2 Å². The zero-order valence-corrected chi connectivity index (χ0v) is 15.8. The van der Waals surface area contributed by atoms with Crippen molar-refractivity contribution in [1.82, 2.24) is 4.90 Å². The quantitative estimate of drug-likeness (QED) is 0.710. The Labute approximate surface area is 156 Å². The molecule has 0 saturated heterocycles. The number of hydrogen-bond donors (Lipinski definition) is 0. The Balaban J connectivity index is 1.70. The molecule has 4 heteroatoms. The monoisotopic (exact) mass is 352 g/mol. The molecule has 0 unspecified atom stereocenters. The van der Waals surface area contributed by atoms with Gasteiger partial charge in [0.05, 0.1) is 13.2 Å². The molecule has 0 N–H and O–H groups in total. The summed E-state index contributed by atoms with van der Waals surface area (Å²) in [4.78, 5) is 16.1. The van der Waals surface area contributed by atoms with Crippen LogP contribution in [0.2, 0.25) is 0 Å². The molecule has 26 heavy (non-hydrogen) atoms. The number of para-hydroxylation sites is 2. The van der Waals surface area contributed by atoms with Gasteiger partial charge in [0, 0.05) is 24.5 Å². The Bertz CT molecular complexity index is 697. The fraction of sp³-hybridized carbons (Fsp3) is 0.409. The maximum atomic E-state index is 11.6. The summed E-state index contributed by atoms with van der Waals surface area (Å²) in [5.41, 5.74) is 5.43. The Morgan fingerprint density at radius 2 is 1.62 bits per heavy atom. The van der Waals surface area contributed by atoms with Crippen molar-refractivity contribution < 1.29 is 9.53 Å². The second-order valence-corrected chi connectivity index (χ2v) is 6.81. The number of rotatable bonds is 7. The number of hydrogen-bond acceptors (Lipinski definition) is 4. The molecule has 0 bridgehead atoms. The number of ether oxygens (including phenoxy) is 1. The van der Waals surface area contributed by atoms with Crippen molar-refractivity contribution in [3.05, 3.63) is 59.7 Å². The van der Waals surface area contributed by atoms with E-state index in [9.17, 15) is 4.79 Å². The van der Waals surface area contributed by atoms with E-state index in [4.69, 9.17) is 4.74 Å². The van der Waals surface area contributed by atoms with E-state index >= 15 is 0 Å². The van der Waals surface area contributed by atoms with E-state index in [1.807, 2.05) is 18.9 Å². The number of benzene rings is 2. The number of nitrogens with zero attached hydrogens (tertiary/aromatic N) is 2. The molecule has 3 rings (SSSR count). The third-order valence-corrected chi connectivity index (χ3v) is 4.85. The number of aryl methyl sites for hydroxylation is 2. The Morgan fingerprint density at radius 3 is 2.19 bits per heavy atom. The molecule has 138 valence electrons. The highest BCUT2D eigenvalue weighted by Crippen LogP contribution is 2.35. The molecular weight excluding hydrogens is 324 g/mol. The molecule has 4 nitrogen and oxygen atoms in total. The highest BCUT2D eigenvalue weighted by Gasteiger charge is 2.19. The van der Waals surface area contributed by atoms with Gasteiger partial charge in [-0.15, -0.1) is 0 Å². The van der Waals surface area contributed by atoms with Crippen LogP contribution in [-0.2, 0) is 22.4 Å². The van der Waals surface area contributed by atoms with Gasteiger partial charge >= 0.3 is 5.97 Å². The van der Waals surface area contributed by atoms with Crippen LogP contribution in [0.5, 0.6) is 0 Å². The lowest BCUT2D eigenvalue weighted by Gasteiger charge is -2.28. The number of carbonyl (C=O) groups excluding carboxylic acids is 1. The molecule has 0 saturated carbocycles. The normalized spacial score (nSPS) is 13.1. The van der Waals surface area contributed by atoms with E-state index < -0.39 is 0 Å². The summed E-state index contributed by atoms with van der Waals surface area (Å²) in [5.74, 6) is -0.152. The van der Waals surface area contributed by atoms with Crippen molar-refractivity contribution in [3.63, 3.8) is 0 Å². The topological polar surface area (TPSA) is 32.8 Å². The number of anilines is 2. The molecule has 1 aliphatic rings. The summed E-state index contributed by atoms with van der Waals surface area (Å²) in [5, 5.41) is 0. The lowest BCUT2D eigenvalue weighted by Crippen LogP contribution is -2.30. The van der Waals surface area contributed by atoms with Gasteiger partial charge in [0.15, 0.2) is 0 Å². The molecule has 0 atom stereocenters. The molecule has 2 aromatic carbocycles. The van der Waals surface area contributed by atoms with Crippen LogP contribution in [0, 0.1) is 0 Å². The third-order valence-electron chi connectivity index (χ3n) is 4.85. The van der Waals surface area contributed by atoms with Crippen molar-refractivity contribution >= 4 is 17.3 Å². The maximum absolute atomic E-state index is 11.6. The molecular formula is C22H28N2O2. The summed E-state index contributed by atoms with van der Waals surface area (Å²) in [7, 11) is 1.97. The van der Waals surface area contributed by atoms with E-state index in [1.165, 1.54) is 22.5 Å². The van der Waals surface area contributed by atoms with Gasteiger partial charge in [-0.05, 0) is 56.5 Å². The minimum absolute atomic E-state index is 0.152. The van der Waals surface area contributed by atoms with E-state index in [0.717, 1.165) is 32.4 Å². The van der Waals surface area contributed by atoms with Gasteiger partial charge in [0.2, 0.25) is 0 Å². The van der Waals surface area contributed by atoms with Gasteiger partial charge in [-0.1, -0.05) is 36.4 Å². The SMILES string of the molecule is CCOC(=O)CN(C)CCCN1c2ccccc2CCc2ccccc21. The predicted octanol–water partition coefficient (Wildman–Crippen LogP) is 3.81. The Kier molecular flexibility index (Phi) is 6.29. The first-order chi connectivity index (χ1) is 12.7. The van der Waals surface area contributed by atoms with Crippen molar-refractivity contribution in [2.45, 2.75) is 26.2 Å². The molecule has 0 fully saturated rings. The number of carbonyl (C=O) groups is 1. The highest BCUT2D eigenvalue weighted by atomic mass is 16.5. The van der Waals surface area contributed by atoms with E-state index in [1.54, 1.807) is 0 Å². The lowest BCUT2D eigenvalue weighted by atomic mass is 10.0. The smallest absolute Gasteiger partial charge is 0.320 e. The Hall–Kier alpha value is -2.33. The van der Waals surface area contributed by atoms with Crippen molar-refractivity contribution in [2.24, 2.45) is 0 Å². The van der Waals surface area contributed by atoms with E-state index in [2.05, 4.69) is 53.4 Å². The second kappa shape index (κ2) is 8.86. The van der Waals surface area contributed by atoms with Gasteiger partial charge in [0.25, 0.3) is 0 Å². The van der Waals surface area contributed by atoms with Crippen LogP contribution in [0.3, 0.4) is 0 Å². The van der Waals surface area contributed by atoms with E-state index in [-0.39, 0.29) is 5.97 Å². The summed E-state index contributed by atoms with van der Waals surface area (Å²) in [6.07, 6.45) is 3.14. The zero-order valence-electron chi connectivity index (χ0n) is 15.8. The first-order valence-corrected chi connectivity index (χ1v) is 9.46. The summed E-state index contributed by atoms with van der Waals surface area (Å²) >= 11 is 0. The molecule has 2 aromatic rings. The standard InChI is InChI=1S/C22H28N2O2/c1-3-26-22(25)17-23(2)15-8-16-24-20-11-6-4-9-18(20)13-14-19-10-5-7-12-21(19)24/h4-7,9-12H,3,8,13-17H2,1-2H3. The average molecular weight is 352 g/mol. The molecule has 0 aliphatic carbocycles. The largest absolute Gasteiger partial charge is 0.465 e. The number of likely N-dealkylation sites (N-methyl/N-ethyl adjacent to an activating group) is 1. The van der Waals surface area contributed by atoms with Gasteiger partial charge in [0.1, 0.15) is 0 Å². The van der Waals surface area contributed by atoms with Crippen molar-refractivity contribution in [1.29, 1.82) is 0 Å². The van der Waals surface area contributed by atoms with Gasteiger partial charge in [-0.2, -0.15) is 0 Å². The molecule has 0 spiro atoms. The van der Waals surface area contributed by atoms with Crippen LogP contribution in [0.4, 0.5) is 11.4 Å². The van der Waals surface area contributed by atoms with Crippen LogP contribution in [0.15, 0.2) is 48.5 Å². The van der Waals surface area contributed by atoms with Gasteiger partial charge in [-0.25, -0.2) is 0 Å². The first-order valence-electron chi connectivity index (χ1n) is 9.46. The van der Waals surface area contributed by atoms with Crippen molar-refractivity contribution in [3.8, 4) is 0 Å².